The molecule has 18 heavy (non-hydrogen) atoms. The fourth-order valence-electron chi connectivity index (χ4n) is 1.75. The van der Waals surface area contributed by atoms with Gasteiger partial charge in [-0.2, -0.15) is 0 Å². The van der Waals surface area contributed by atoms with Gasteiger partial charge in [0.1, 0.15) is 12.4 Å². The highest BCUT2D eigenvalue weighted by atomic mass is 32.1. The molecule has 0 aliphatic rings. The van der Waals surface area contributed by atoms with Crippen LogP contribution < -0.4 is 4.74 Å². The van der Waals surface area contributed by atoms with Crippen molar-refractivity contribution in [2.24, 2.45) is 0 Å². The van der Waals surface area contributed by atoms with E-state index < -0.39 is 6.10 Å². The van der Waals surface area contributed by atoms with Crippen molar-refractivity contribution in [3.8, 4) is 5.75 Å². The molecule has 0 unspecified atom stereocenters. The number of nitrogens with zero attached hydrogens (tertiary/aromatic N) is 1. The van der Waals surface area contributed by atoms with Crippen molar-refractivity contribution in [2.45, 2.75) is 33.5 Å². The minimum absolute atomic E-state index is 0.494. The molecule has 0 radical (unpaired) electrons. The van der Waals surface area contributed by atoms with E-state index in [1.807, 2.05) is 38.2 Å². The van der Waals surface area contributed by atoms with Crippen LogP contribution in [0.3, 0.4) is 0 Å². The second-order valence-corrected chi connectivity index (χ2v) is 5.67. The van der Waals surface area contributed by atoms with E-state index in [4.69, 9.17) is 4.74 Å². The third-order valence-corrected chi connectivity index (χ3v) is 3.54. The standard InChI is InChI=1S/C14H17NO2S/c1-9-4-5-14(13(6-9)10(2)16)17-8-12-7-15-11(3)18-12/h4-7,10,16H,8H2,1-3H3/t10-/m1/s1. The van der Waals surface area contributed by atoms with Crippen LogP contribution in [0, 0.1) is 13.8 Å². The first-order chi connectivity index (χ1) is 8.56. The Morgan fingerprint density at radius 1 is 1.39 bits per heavy atom. The molecule has 2 rings (SSSR count). The number of aromatic nitrogens is 1. The molecule has 0 bridgehead atoms. The molecule has 0 spiro atoms. The van der Waals surface area contributed by atoms with Gasteiger partial charge < -0.3 is 9.84 Å². The monoisotopic (exact) mass is 263 g/mol. The summed E-state index contributed by atoms with van der Waals surface area (Å²) in [7, 11) is 0. The topological polar surface area (TPSA) is 42.4 Å². The lowest BCUT2D eigenvalue weighted by Crippen LogP contribution is -2.00. The summed E-state index contributed by atoms with van der Waals surface area (Å²) in [6, 6.07) is 5.85. The Morgan fingerprint density at radius 2 is 2.17 bits per heavy atom. The summed E-state index contributed by atoms with van der Waals surface area (Å²) in [6.45, 7) is 6.22. The number of hydrogen-bond acceptors (Lipinski definition) is 4. The van der Waals surface area contributed by atoms with E-state index in [1.54, 1.807) is 18.3 Å². The lowest BCUT2D eigenvalue weighted by molar-refractivity contribution is 0.190. The number of ether oxygens (including phenoxy) is 1. The van der Waals surface area contributed by atoms with Crippen molar-refractivity contribution in [3.63, 3.8) is 0 Å². The molecule has 0 fully saturated rings. The first-order valence-corrected chi connectivity index (χ1v) is 6.70. The Labute approximate surface area is 111 Å². The van der Waals surface area contributed by atoms with Gasteiger partial charge in [-0.15, -0.1) is 11.3 Å². The predicted octanol–water partition coefficient (Wildman–Crippen LogP) is 3.39. The van der Waals surface area contributed by atoms with Crippen LogP contribution in [0.25, 0.3) is 0 Å². The van der Waals surface area contributed by atoms with Crippen molar-refractivity contribution in [1.82, 2.24) is 4.98 Å². The van der Waals surface area contributed by atoms with Gasteiger partial charge in [0.05, 0.1) is 16.0 Å². The summed E-state index contributed by atoms with van der Waals surface area (Å²) in [4.78, 5) is 5.28. The van der Waals surface area contributed by atoms with E-state index in [-0.39, 0.29) is 0 Å². The molecular formula is C14H17NO2S. The molecular weight excluding hydrogens is 246 g/mol. The molecule has 4 heteroatoms. The van der Waals surface area contributed by atoms with Crippen LogP contribution in [0.5, 0.6) is 5.75 Å². The van der Waals surface area contributed by atoms with Crippen molar-refractivity contribution < 1.29 is 9.84 Å². The lowest BCUT2D eigenvalue weighted by Gasteiger charge is -2.13. The van der Waals surface area contributed by atoms with E-state index in [0.717, 1.165) is 26.8 Å². The number of benzene rings is 1. The zero-order valence-electron chi connectivity index (χ0n) is 10.8. The molecule has 1 aromatic carbocycles. The highest BCUT2D eigenvalue weighted by Crippen LogP contribution is 2.27. The molecule has 3 nitrogen and oxygen atoms in total. The molecule has 96 valence electrons. The molecule has 0 saturated heterocycles. The normalized spacial score (nSPS) is 12.4. The van der Waals surface area contributed by atoms with E-state index in [0.29, 0.717) is 6.61 Å². The molecule has 0 saturated carbocycles. The number of thiazole rings is 1. The molecule has 1 N–H and O–H groups in total. The van der Waals surface area contributed by atoms with Gasteiger partial charge in [0.15, 0.2) is 0 Å². The largest absolute Gasteiger partial charge is 0.488 e. The molecule has 0 aliphatic carbocycles. The van der Waals surface area contributed by atoms with E-state index in [9.17, 15) is 5.11 Å². The van der Waals surface area contributed by atoms with E-state index >= 15 is 0 Å². The average molecular weight is 263 g/mol. The third kappa shape index (κ3) is 3.09. The van der Waals surface area contributed by atoms with Crippen LogP contribution in [-0.2, 0) is 6.61 Å². The SMILES string of the molecule is Cc1ccc(OCc2cnc(C)s2)c([C@@H](C)O)c1. The van der Waals surface area contributed by atoms with Gasteiger partial charge in [-0.1, -0.05) is 11.6 Å². The Bertz CT molecular complexity index is 534. The predicted molar refractivity (Wildman–Crippen MR) is 73.0 cm³/mol. The first-order valence-electron chi connectivity index (χ1n) is 5.89. The highest BCUT2D eigenvalue weighted by Gasteiger charge is 2.10. The van der Waals surface area contributed by atoms with Crippen LogP contribution >= 0.6 is 11.3 Å². The van der Waals surface area contributed by atoms with Crippen molar-refractivity contribution in [1.29, 1.82) is 0 Å². The minimum Gasteiger partial charge on any atom is -0.488 e. The van der Waals surface area contributed by atoms with Crippen molar-refractivity contribution in [2.75, 3.05) is 0 Å². The maximum Gasteiger partial charge on any atom is 0.125 e. The second kappa shape index (κ2) is 5.50. The Balaban J connectivity index is 2.13. The molecule has 0 aliphatic heterocycles. The lowest BCUT2D eigenvalue weighted by atomic mass is 10.1. The van der Waals surface area contributed by atoms with Crippen molar-refractivity contribution >= 4 is 11.3 Å². The molecule has 1 heterocycles. The fourth-order valence-corrected chi connectivity index (χ4v) is 2.45. The maximum absolute atomic E-state index is 9.74. The van der Waals surface area contributed by atoms with Crippen LogP contribution in [-0.4, -0.2) is 10.1 Å². The molecule has 1 atom stereocenters. The summed E-state index contributed by atoms with van der Waals surface area (Å²) < 4.78 is 5.76. The van der Waals surface area contributed by atoms with Crippen molar-refractivity contribution in [3.05, 3.63) is 45.4 Å². The second-order valence-electron chi connectivity index (χ2n) is 4.35. The number of aliphatic hydroxyl groups excluding tert-OH is 1. The van der Waals surface area contributed by atoms with Gasteiger partial charge in [0, 0.05) is 11.8 Å². The molecule has 2 aromatic rings. The van der Waals surface area contributed by atoms with E-state index in [2.05, 4.69) is 4.98 Å². The zero-order chi connectivity index (χ0) is 13.1. The van der Waals surface area contributed by atoms with Crippen LogP contribution in [0.1, 0.15) is 34.0 Å². The fraction of sp³-hybridized carbons (Fsp3) is 0.357. The number of aryl methyl sites for hydroxylation is 2. The van der Waals surface area contributed by atoms with Gasteiger partial charge in [0.25, 0.3) is 0 Å². The summed E-state index contributed by atoms with van der Waals surface area (Å²) in [6.07, 6.45) is 1.30. The Hall–Kier alpha value is -1.39. The summed E-state index contributed by atoms with van der Waals surface area (Å²) in [5.41, 5.74) is 1.95. The Morgan fingerprint density at radius 3 is 2.78 bits per heavy atom. The maximum atomic E-state index is 9.74. The number of aliphatic hydroxyl groups is 1. The van der Waals surface area contributed by atoms with Gasteiger partial charge in [-0.05, 0) is 32.9 Å². The smallest absolute Gasteiger partial charge is 0.125 e. The summed E-state index contributed by atoms with van der Waals surface area (Å²) in [5, 5.41) is 10.8. The van der Waals surface area contributed by atoms with Crippen LogP contribution in [0.2, 0.25) is 0 Å². The van der Waals surface area contributed by atoms with Gasteiger partial charge in [0.2, 0.25) is 0 Å². The third-order valence-electron chi connectivity index (χ3n) is 2.65. The van der Waals surface area contributed by atoms with Gasteiger partial charge >= 0.3 is 0 Å². The van der Waals surface area contributed by atoms with Gasteiger partial charge in [-0.25, -0.2) is 4.98 Å². The van der Waals surface area contributed by atoms with E-state index in [1.165, 1.54) is 0 Å². The summed E-state index contributed by atoms with van der Waals surface area (Å²) >= 11 is 1.63. The number of rotatable bonds is 4. The summed E-state index contributed by atoms with van der Waals surface area (Å²) in [5.74, 6) is 0.738. The quantitative estimate of drug-likeness (QED) is 0.919. The highest BCUT2D eigenvalue weighted by molar-refractivity contribution is 7.11. The van der Waals surface area contributed by atoms with Crippen LogP contribution in [0.15, 0.2) is 24.4 Å². The number of hydrogen-bond donors (Lipinski definition) is 1. The molecule has 0 amide bonds. The van der Waals surface area contributed by atoms with Gasteiger partial charge in [-0.3, -0.25) is 0 Å². The Kier molecular flexibility index (Phi) is 3.99. The average Bonchev–Trinajstić information content (AvgIpc) is 2.73. The minimum atomic E-state index is -0.525. The molecule has 1 aromatic heterocycles. The zero-order valence-corrected chi connectivity index (χ0v) is 11.6. The van der Waals surface area contributed by atoms with Crippen LogP contribution in [0.4, 0.5) is 0 Å². The first kappa shape index (κ1) is 13.1.